The number of halogens is 1. The molecule has 1 atom stereocenters. The van der Waals surface area contributed by atoms with Crippen LogP contribution in [0.25, 0.3) is 0 Å². The Morgan fingerprint density at radius 2 is 1.61 bits per heavy atom. The highest BCUT2D eigenvalue weighted by molar-refractivity contribution is 7.90. The van der Waals surface area contributed by atoms with E-state index in [9.17, 15) is 18.0 Å². The van der Waals surface area contributed by atoms with Crippen LogP contribution in [0.3, 0.4) is 0 Å². The van der Waals surface area contributed by atoms with Crippen molar-refractivity contribution in [2.45, 2.75) is 19.5 Å². The molecule has 31 heavy (non-hydrogen) atoms. The third-order valence-corrected chi connectivity index (χ3v) is 6.81. The molecule has 1 N–H and O–H groups in total. The van der Waals surface area contributed by atoms with Gasteiger partial charge in [0.25, 0.3) is 0 Å². The molecule has 2 aromatic carbocycles. The lowest BCUT2D eigenvalue weighted by Crippen LogP contribution is -2.52. The van der Waals surface area contributed by atoms with Crippen molar-refractivity contribution in [2.24, 2.45) is 0 Å². The van der Waals surface area contributed by atoms with Gasteiger partial charge in [0.05, 0.1) is 5.69 Å². The van der Waals surface area contributed by atoms with Crippen LogP contribution in [0.4, 0.5) is 5.69 Å². The Labute approximate surface area is 188 Å². The number of para-hydroxylation sites is 1. The largest absolute Gasteiger partial charge is 0.357 e. The number of amides is 2. The third kappa shape index (κ3) is 6.19. The van der Waals surface area contributed by atoms with E-state index in [0.29, 0.717) is 10.7 Å². The second-order valence-corrected chi connectivity index (χ2v) is 9.57. The molecule has 10 heteroatoms. The molecule has 0 saturated heterocycles. The molecule has 8 nitrogen and oxygen atoms in total. The molecular formula is C21H27ClN4O4S. The summed E-state index contributed by atoms with van der Waals surface area (Å²) in [6.07, 6.45) is 0. The molecule has 0 bridgehead atoms. The fraction of sp³-hybridized carbons (Fsp3) is 0.333. The maximum atomic E-state index is 13.3. The van der Waals surface area contributed by atoms with E-state index in [1.807, 2.05) is 0 Å². The van der Waals surface area contributed by atoms with Crippen LogP contribution in [-0.2, 0) is 26.3 Å². The molecule has 0 aliphatic rings. The topological polar surface area (TPSA) is 90.0 Å². The lowest BCUT2D eigenvalue weighted by molar-refractivity contribution is -0.139. The van der Waals surface area contributed by atoms with E-state index in [1.165, 1.54) is 26.0 Å². The van der Waals surface area contributed by atoms with Gasteiger partial charge < -0.3 is 10.2 Å². The second kappa shape index (κ2) is 10.6. The minimum atomic E-state index is -3.95. The Morgan fingerprint density at radius 1 is 1.03 bits per heavy atom. The number of nitrogens with zero attached hydrogens (tertiary/aromatic N) is 3. The Hall–Kier alpha value is -2.62. The standard InChI is InChI=1S/C21H27ClN4O4S/c1-16(21(28)23-2)25(14-17-10-12-18(22)13-11-17)20(27)15-26(31(29,30)24(3)4)19-8-6-5-7-9-19/h5-13,16H,14-15H2,1-4H3,(H,23,28)/t16-/m1/s1. The van der Waals surface area contributed by atoms with Crippen molar-refractivity contribution in [3.05, 3.63) is 65.2 Å². The van der Waals surface area contributed by atoms with Gasteiger partial charge >= 0.3 is 10.2 Å². The third-order valence-electron chi connectivity index (χ3n) is 4.74. The van der Waals surface area contributed by atoms with Crippen LogP contribution in [0.5, 0.6) is 0 Å². The number of anilines is 1. The Bertz CT molecular complexity index is 998. The summed E-state index contributed by atoms with van der Waals surface area (Å²) in [6.45, 7) is 1.26. The average molecular weight is 467 g/mol. The van der Waals surface area contributed by atoms with Crippen LogP contribution in [0.2, 0.25) is 5.02 Å². The molecule has 2 amide bonds. The normalized spacial score (nSPS) is 12.3. The summed E-state index contributed by atoms with van der Waals surface area (Å²) in [5.41, 5.74) is 1.11. The van der Waals surface area contributed by atoms with Crippen LogP contribution in [0.1, 0.15) is 12.5 Å². The van der Waals surface area contributed by atoms with E-state index >= 15 is 0 Å². The molecule has 2 rings (SSSR count). The van der Waals surface area contributed by atoms with Gasteiger partial charge in [-0.05, 0) is 36.8 Å². The highest BCUT2D eigenvalue weighted by Crippen LogP contribution is 2.20. The predicted octanol–water partition coefficient (Wildman–Crippen LogP) is 2.12. The highest BCUT2D eigenvalue weighted by atomic mass is 35.5. The average Bonchev–Trinajstić information content (AvgIpc) is 2.76. The Balaban J connectivity index is 2.40. The summed E-state index contributed by atoms with van der Waals surface area (Å²) >= 11 is 5.94. The van der Waals surface area contributed by atoms with E-state index < -0.39 is 28.7 Å². The van der Waals surface area contributed by atoms with Gasteiger partial charge in [0.15, 0.2) is 0 Å². The number of hydrogen-bond acceptors (Lipinski definition) is 4. The van der Waals surface area contributed by atoms with Crippen molar-refractivity contribution >= 4 is 39.3 Å². The van der Waals surface area contributed by atoms with Gasteiger partial charge in [0.1, 0.15) is 12.6 Å². The van der Waals surface area contributed by atoms with Gasteiger partial charge in [0, 0.05) is 32.7 Å². The quantitative estimate of drug-likeness (QED) is 0.613. The van der Waals surface area contributed by atoms with Gasteiger partial charge in [-0.15, -0.1) is 0 Å². The van der Waals surface area contributed by atoms with Crippen molar-refractivity contribution in [1.82, 2.24) is 14.5 Å². The maximum Gasteiger partial charge on any atom is 0.304 e. The molecule has 0 aliphatic carbocycles. The summed E-state index contributed by atoms with van der Waals surface area (Å²) in [5, 5.41) is 3.08. The van der Waals surface area contributed by atoms with E-state index in [1.54, 1.807) is 61.5 Å². The molecule has 0 fully saturated rings. The molecule has 0 aliphatic heterocycles. The van der Waals surface area contributed by atoms with Crippen molar-refractivity contribution < 1.29 is 18.0 Å². The summed E-state index contributed by atoms with van der Waals surface area (Å²) in [4.78, 5) is 27.0. The predicted molar refractivity (Wildman–Crippen MR) is 122 cm³/mol. The highest BCUT2D eigenvalue weighted by Gasteiger charge is 2.32. The molecule has 0 aromatic heterocycles. The smallest absolute Gasteiger partial charge is 0.304 e. The van der Waals surface area contributed by atoms with Gasteiger partial charge in [-0.25, -0.2) is 4.31 Å². The molecule has 0 unspecified atom stereocenters. The number of hydrogen-bond donors (Lipinski definition) is 1. The molecule has 2 aromatic rings. The van der Waals surface area contributed by atoms with Gasteiger partial charge in [-0.1, -0.05) is 41.9 Å². The lowest BCUT2D eigenvalue weighted by Gasteiger charge is -2.32. The minimum absolute atomic E-state index is 0.120. The van der Waals surface area contributed by atoms with Gasteiger partial charge in [0.2, 0.25) is 11.8 Å². The van der Waals surface area contributed by atoms with Gasteiger partial charge in [-0.2, -0.15) is 12.7 Å². The molecular weight excluding hydrogens is 440 g/mol. The maximum absolute atomic E-state index is 13.3. The number of carbonyl (C=O) groups is 2. The first-order chi connectivity index (χ1) is 14.6. The molecule has 0 radical (unpaired) electrons. The van der Waals surface area contributed by atoms with E-state index in [0.717, 1.165) is 14.2 Å². The first-order valence-corrected chi connectivity index (χ1v) is 11.4. The Kier molecular flexibility index (Phi) is 8.43. The van der Waals surface area contributed by atoms with Gasteiger partial charge in [-0.3, -0.25) is 9.59 Å². The van der Waals surface area contributed by atoms with Crippen molar-refractivity contribution in [3.8, 4) is 0 Å². The number of likely N-dealkylation sites (N-methyl/N-ethyl adjacent to an activating group) is 1. The van der Waals surface area contributed by atoms with E-state index in [-0.39, 0.29) is 12.5 Å². The summed E-state index contributed by atoms with van der Waals surface area (Å²) in [6, 6.07) is 14.4. The monoisotopic (exact) mass is 466 g/mol. The zero-order valence-electron chi connectivity index (χ0n) is 17.9. The Morgan fingerprint density at radius 3 is 2.13 bits per heavy atom. The fourth-order valence-electron chi connectivity index (χ4n) is 2.89. The molecule has 0 spiro atoms. The SMILES string of the molecule is CNC(=O)[C@@H](C)N(Cc1ccc(Cl)cc1)C(=O)CN(c1ccccc1)S(=O)(=O)N(C)C. The van der Waals surface area contributed by atoms with Crippen LogP contribution in [-0.4, -0.2) is 63.2 Å². The van der Waals surface area contributed by atoms with E-state index in [4.69, 9.17) is 11.6 Å². The summed E-state index contributed by atoms with van der Waals surface area (Å²) in [5.74, 6) is -0.871. The van der Waals surface area contributed by atoms with Crippen molar-refractivity contribution in [1.29, 1.82) is 0 Å². The van der Waals surface area contributed by atoms with Crippen molar-refractivity contribution in [3.63, 3.8) is 0 Å². The second-order valence-electron chi connectivity index (χ2n) is 7.07. The molecule has 0 heterocycles. The van der Waals surface area contributed by atoms with Crippen LogP contribution >= 0.6 is 11.6 Å². The molecule has 168 valence electrons. The minimum Gasteiger partial charge on any atom is -0.357 e. The number of nitrogens with one attached hydrogen (secondary N) is 1. The lowest BCUT2D eigenvalue weighted by atomic mass is 10.1. The van der Waals surface area contributed by atoms with Crippen LogP contribution in [0.15, 0.2) is 54.6 Å². The van der Waals surface area contributed by atoms with E-state index in [2.05, 4.69) is 5.32 Å². The number of rotatable bonds is 9. The zero-order valence-corrected chi connectivity index (χ0v) is 19.5. The first kappa shape index (κ1) is 24.6. The fourth-order valence-corrected chi connectivity index (χ4v) is 4.07. The van der Waals surface area contributed by atoms with Crippen LogP contribution < -0.4 is 9.62 Å². The number of carbonyl (C=O) groups excluding carboxylic acids is 2. The van der Waals surface area contributed by atoms with Crippen molar-refractivity contribution in [2.75, 3.05) is 32.0 Å². The van der Waals surface area contributed by atoms with Crippen LogP contribution in [0, 0.1) is 0 Å². The summed E-state index contributed by atoms with van der Waals surface area (Å²) < 4.78 is 27.9. The molecule has 0 saturated carbocycles. The first-order valence-electron chi connectivity index (χ1n) is 9.58. The number of benzene rings is 2. The summed E-state index contributed by atoms with van der Waals surface area (Å²) in [7, 11) is 0.328. The zero-order chi connectivity index (χ0) is 23.2.